The summed E-state index contributed by atoms with van der Waals surface area (Å²) in [5.41, 5.74) is 4.39. The second-order valence-corrected chi connectivity index (χ2v) is 4.16. The molecule has 0 saturated carbocycles. The van der Waals surface area contributed by atoms with Crippen LogP contribution in [0.25, 0.3) is 0 Å². The Morgan fingerprint density at radius 2 is 0.909 bits per heavy atom. The van der Waals surface area contributed by atoms with Gasteiger partial charge in [-0.05, 0) is 36.1 Å². The van der Waals surface area contributed by atoms with Gasteiger partial charge in [-0.15, -0.1) is 0 Å². The first-order valence-corrected chi connectivity index (χ1v) is 8.42. The Labute approximate surface area is 136 Å². The van der Waals surface area contributed by atoms with E-state index in [1.54, 1.807) is 0 Å². The molecule has 2 heteroatoms. The maximum Gasteiger partial charge on any atom is 0.0888 e. The molecule has 0 unspecified atom stereocenters. The molecule has 0 aromatic heterocycles. The molecule has 0 atom stereocenters. The van der Waals surface area contributed by atoms with Gasteiger partial charge in [0.2, 0.25) is 0 Å². The second kappa shape index (κ2) is 12.8. The standard InChI is InChI=1S/C16H18N2.2C2H6/c1-3-13-9-5-7-11-15(13)17-18-16-12-8-6-10-14(16)4-2;2*1-2/h5-12H,3-4H2,1-2H3;2*1-2H3. The van der Waals surface area contributed by atoms with E-state index in [2.05, 4.69) is 36.2 Å². The van der Waals surface area contributed by atoms with Gasteiger partial charge in [-0.3, -0.25) is 0 Å². The Morgan fingerprint density at radius 1 is 0.591 bits per heavy atom. The molecular weight excluding hydrogens is 268 g/mol. The molecule has 2 rings (SSSR count). The fourth-order valence-corrected chi connectivity index (χ4v) is 1.92. The van der Waals surface area contributed by atoms with E-state index in [1.807, 2.05) is 64.1 Å². The summed E-state index contributed by atoms with van der Waals surface area (Å²) >= 11 is 0. The first-order valence-electron chi connectivity index (χ1n) is 8.42. The van der Waals surface area contributed by atoms with Crippen molar-refractivity contribution in [1.29, 1.82) is 0 Å². The molecule has 22 heavy (non-hydrogen) atoms. The fraction of sp³-hybridized carbons (Fsp3) is 0.400. The summed E-state index contributed by atoms with van der Waals surface area (Å²) in [4.78, 5) is 0. The van der Waals surface area contributed by atoms with E-state index in [0.717, 1.165) is 24.2 Å². The van der Waals surface area contributed by atoms with Gasteiger partial charge in [0, 0.05) is 0 Å². The summed E-state index contributed by atoms with van der Waals surface area (Å²) in [5, 5.41) is 8.76. The number of benzene rings is 2. The van der Waals surface area contributed by atoms with E-state index in [9.17, 15) is 0 Å². The van der Waals surface area contributed by atoms with Crippen molar-refractivity contribution in [1.82, 2.24) is 0 Å². The van der Waals surface area contributed by atoms with Crippen LogP contribution in [0.1, 0.15) is 52.7 Å². The van der Waals surface area contributed by atoms with Crippen molar-refractivity contribution in [2.45, 2.75) is 54.4 Å². The van der Waals surface area contributed by atoms with Crippen LogP contribution in [0.2, 0.25) is 0 Å². The van der Waals surface area contributed by atoms with Crippen molar-refractivity contribution in [3.05, 3.63) is 59.7 Å². The smallest absolute Gasteiger partial charge is 0.0888 e. The fourth-order valence-electron chi connectivity index (χ4n) is 1.92. The zero-order valence-electron chi connectivity index (χ0n) is 14.9. The third-order valence-corrected chi connectivity index (χ3v) is 3.01. The van der Waals surface area contributed by atoms with Crippen LogP contribution < -0.4 is 0 Å². The van der Waals surface area contributed by atoms with Gasteiger partial charge in [0.15, 0.2) is 0 Å². The lowest BCUT2D eigenvalue weighted by atomic mass is 10.1. The van der Waals surface area contributed by atoms with Gasteiger partial charge in [-0.2, -0.15) is 10.2 Å². The van der Waals surface area contributed by atoms with Crippen LogP contribution in [0.3, 0.4) is 0 Å². The van der Waals surface area contributed by atoms with Crippen LogP contribution >= 0.6 is 0 Å². The first-order chi connectivity index (χ1) is 10.8. The Kier molecular flexibility index (Phi) is 11.6. The molecule has 120 valence electrons. The number of hydrogen-bond donors (Lipinski definition) is 0. The number of azo groups is 1. The molecule has 0 saturated heterocycles. The highest BCUT2D eigenvalue weighted by Gasteiger charge is 1.99. The Hall–Kier alpha value is -1.96. The van der Waals surface area contributed by atoms with Crippen molar-refractivity contribution < 1.29 is 0 Å². The summed E-state index contributed by atoms with van der Waals surface area (Å²) in [7, 11) is 0. The van der Waals surface area contributed by atoms with Crippen LogP contribution in [0.4, 0.5) is 11.4 Å². The lowest BCUT2D eigenvalue weighted by Gasteiger charge is -2.02. The van der Waals surface area contributed by atoms with Crippen molar-refractivity contribution in [3.8, 4) is 0 Å². The molecule has 2 aromatic rings. The number of hydrogen-bond acceptors (Lipinski definition) is 2. The normalized spacial score (nSPS) is 9.55. The zero-order chi connectivity index (χ0) is 16.8. The highest BCUT2D eigenvalue weighted by Crippen LogP contribution is 2.25. The SMILES string of the molecule is CC.CC.CCc1ccccc1N=Nc1ccccc1CC. The Balaban J connectivity index is 0.00000102. The van der Waals surface area contributed by atoms with Crippen molar-refractivity contribution in [3.63, 3.8) is 0 Å². The van der Waals surface area contributed by atoms with Gasteiger partial charge >= 0.3 is 0 Å². The first kappa shape index (κ1) is 20.0. The highest BCUT2D eigenvalue weighted by molar-refractivity contribution is 5.48. The quantitative estimate of drug-likeness (QED) is 0.530. The van der Waals surface area contributed by atoms with E-state index in [4.69, 9.17) is 0 Å². The summed E-state index contributed by atoms with van der Waals surface area (Å²) in [6.07, 6.45) is 1.95. The molecular formula is C20H30N2. The van der Waals surface area contributed by atoms with Crippen LogP contribution in [0, 0.1) is 0 Å². The van der Waals surface area contributed by atoms with Crippen molar-refractivity contribution >= 4 is 11.4 Å². The van der Waals surface area contributed by atoms with Crippen LogP contribution in [0.5, 0.6) is 0 Å². The molecule has 0 heterocycles. The largest absolute Gasteiger partial charge is 0.150 e. The monoisotopic (exact) mass is 298 g/mol. The number of rotatable bonds is 4. The molecule has 0 aliphatic rings. The number of nitrogens with zero attached hydrogens (tertiary/aromatic N) is 2. The van der Waals surface area contributed by atoms with Gasteiger partial charge in [-0.25, -0.2) is 0 Å². The van der Waals surface area contributed by atoms with Gasteiger partial charge in [0.1, 0.15) is 0 Å². The topological polar surface area (TPSA) is 24.7 Å². The maximum absolute atomic E-state index is 4.38. The molecule has 0 fully saturated rings. The van der Waals surface area contributed by atoms with E-state index in [1.165, 1.54) is 11.1 Å². The molecule has 0 bridgehead atoms. The third-order valence-electron chi connectivity index (χ3n) is 3.01. The zero-order valence-corrected chi connectivity index (χ0v) is 14.9. The maximum atomic E-state index is 4.38. The van der Waals surface area contributed by atoms with Crippen LogP contribution in [-0.2, 0) is 12.8 Å². The molecule has 0 aliphatic carbocycles. The van der Waals surface area contributed by atoms with Gasteiger partial charge in [-0.1, -0.05) is 77.9 Å². The van der Waals surface area contributed by atoms with E-state index in [-0.39, 0.29) is 0 Å². The van der Waals surface area contributed by atoms with E-state index < -0.39 is 0 Å². The summed E-state index contributed by atoms with van der Waals surface area (Å²) in [5.74, 6) is 0. The van der Waals surface area contributed by atoms with E-state index in [0.29, 0.717) is 0 Å². The van der Waals surface area contributed by atoms with Crippen LogP contribution in [0.15, 0.2) is 58.8 Å². The van der Waals surface area contributed by atoms with Crippen LogP contribution in [-0.4, -0.2) is 0 Å². The average molecular weight is 298 g/mol. The minimum Gasteiger partial charge on any atom is -0.150 e. The second-order valence-electron chi connectivity index (χ2n) is 4.16. The minimum atomic E-state index is 0.964. The predicted octanol–water partition coefficient (Wildman–Crippen LogP) is 7.28. The summed E-state index contributed by atoms with van der Waals surface area (Å²) < 4.78 is 0. The van der Waals surface area contributed by atoms with E-state index >= 15 is 0 Å². The molecule has 2 nitrogen and oxygen atoms in total. The molecule has 0 N–H and O–H groups in total. The minimum absolute atomic E-state index is 0.964. The van der Waals surface area contributed by atoms with Crippen molar-refractivity contribution in [2.24, 2.45) is 10.2 Å². The third kappa shape index (κ3) is 6.21. The molecule has 0 aliphatic heterocycles. The predicted molar refractivity (Wildman–Crippen MR) is 98.5 cm³/mol. The molecule has 0 radical (unpaired) electrons. The van der Waals surface area contributed by atoms with Gasteiger partial charge < -0.3 is 0 Å². The summed E-state index contributed by atoms with van der Waals surface area (Å²) in [6.45, 7) is 12.3. The Bertz CT molecular complexity index is 495. The molecule has 0 spiro atoms. The lowest BCUT2D eigenvalue weighted by molar-refractivity contribution is 1.08. The highest BCUT2D eigenvalue weighted by atomic mass is 15.1. The average Bonchev–Trinajstić information content (AvgIpc) is 2.63. The number of aryl methyl sites for hydroxylation is 2. The van der Waals surface area contributed by atoms with Gasteiger partial charge in [0.25, 0.3) is 0 Å². The van der Waals surface area contributed by atoms with Gasteiger partial charge in [0.05, 0.1) is 11.4 Å². The Morgan fingerprint density at radius 3 is 1.23 bits per heavy atom. The lowest BCUT2D eigenvalue weighted by Crippen LogP contribution is -1.81. The molecule has 2 aromatic carbocycles. The van der Waals surface area contributed by atoms with Crippen molar-refractivity contribution in [2.75, 3.05) is 0 Å². The molecule has 0 amide bonds. The summed E-state index contributed by atoms with van der Waals surface area (Å²) in [6, 6.07) is 16.3.